The molecule has 0 saturated heterocycles. The molecule has 0 unspecified atom stereocenters. The number of hydrogen-bond donors (Lipinski definition) is 3. The number of para-hydroxylation sites is 2. The molecular weight excluding hydrogens is 308 g/mol. The van der Waals surface area contributed by atoms with E-state index in [9.17, 15) is 9.59 Å². The Morgan fingerprint density at radius 2 is 1.92 bits per heavy atom. The van der Waals surface area contributed by atoms with Gasteiger partial charge in [-0.15, -0.1) is 0 Å². The van der Waals surface area contributed by atoms with Crippen molar-refractivity contribution < 1.29 is 19.4 Å². The van der Waals surface area contributed by atoms with Crippen molar-refractivity contribution >= 4 is 17.7 Å². The fourth-order valence-electron chi connectivity index (χ4n) is 2.80. The lowest BCUT2D eigenvalue weighted by Gasteiger charge is -2.26. The molecule has 0 radical (unpaired) electrons. The van der Waals surface area contributed by atoms with Crippen molar-refractivity contribution in [2.45, 2.75) is 64.0 Å². The third kappa shape index (κ3) is 5.76. The molecule has 1 aliphatic carbocycles. The topological polar surface area (TPSA) is 87.7 Å². The molecule has 1 fully saturated rings. The van der Waals surface area contributed by atoms with Gasteiger partial charge in [0.05, 0.1) is 11.8 Å². The predicted octanol–water partition coefficient (Wildman–Crippen LogP) is 3.77. The zero-order valence-corrected chi connectivity index (χ0v) is 14.3. The minimum atomic E-state index is -0.874. The molecular formula is C18H26N2O4. The summed E-state index contributed by atoms with van der Waals surface area (Å²) in [4.78, 5) is 22.9. The summed E-state index contributed by atoms with van der Waals surface area (Å²) in [7, 11) is 0. The lowest BCUT2D eigenvalue weighted by atomic mass is 9.99. The molecule has 0 atom stereocenters. The highest BCUT2D eigenvalue weighted by Crippen LogP contribution is 2.29. The Balaban J connectivity index is 1.94. The lowest BCUT2D eigenvalue weighted by molar-refractivity contribution is -0.137. The van der Waals surface area contributed by atoms with Crippen LogP contribution in [0.4, 0.5) is 10.5 Å². The lowest BCUT2D eigenvalue weighted by Crippen LogP contribution is -2.45. The second-order valence-corrected chi connectivity index (χ2v) is 6.88. The summed E-state index contributed by atoms with van der Waals surface area (Å²) in [6.45, 7) is 3.60. The van der Waals surface area contributed by atoms with Crippen molar-refractivity contribution in [3.8, 4) is 5.75 Å². The zero-order chi connectivity index (χ0) is 17.6. The molecule has 2 rings (SSSR count). The summed E-state index contributed by atoms with van der Waals surface area (Å²) in [6.07, 6.45) is 5.02. The van der Waals surface area contributed by atoms with Crippen LogP contribution in [0.15, 0.2) is 24.3 Å². The number of carboxylic acids is 1. The van der Waals surface area contributed by atoms with Gasteiger partial charge in [-0.3, -0.25) is 4.79 Å². The number of aliphatic carboxylic acids is 1. The van der Waals surface area contributed by atoms with Gasteiger partial charge >= 0.3 is 12.0 Å². The van der Waals surface area contributed by atoms with Crippen molar-refractivity contribution in [1.29, 1.82) is 0 Å². The highest BCUT2D eigenvalue weighted by molar-refractivity contribution is 5.91. The number of amides is 2. The number of benzene rings is 1. The van der Waals surface area contributed by atoms with Crippen LogP contribution in [-0.2, 0) is 4.79 Å². The number of carbonyl (C=O) groups excluding carboxylic acids is 1. The second-order valence-electron chi connectivity index (χ2n) is 6.88. The molecule has 1 aromatic carbocycles. The molecule has 0 spiro atoms. The number of anilines is 1. The van der Waals surface area contributed by atoms with Crippen LogP contribution >= 0.6 is 0 Å². The minimum Gasteiger partial charge on any atom is -0.488 e. The Labute approximate surface area is 142 Å². The van der Waals surface area contributed by atoms with E-state index >= 15 is 0 Å². The van der Waals surface area contributed by atoms with Gasteiger partial charge < -0.3 is 20.5 Å². The largest absolute Gasteiger partial charge is 0.488 e. The summed E-state index contributed by atoms with van der Waals surface area (Å²) in [6, 6.07) is 7.00. The fourth-order valence-corrected chi connectivity index (χ4v) is 2.80. The first-order valence-electron chi connectivity index (χ1n) is 8.42. The van der Waals surface area contributed by atoms with E-state index in [1.165, 1.54) is 12.8 Å². The van der Waals surface area contributed by atoms with Crippen LogP contribution in [-0.4, -0.2) is 28.7 Å². The molecule has 1 aromatic rings. The highest BCUT2D eigenvalue weighted by Gasteiger charge is 2.23. The van der Waals surface area contributed by atoms with E-state index in [0.29, 0.717) is 17.9 Å². The Morgan fingerprint density at radius 3 is 2.58 bits per heavy atom. The monoisotopic (exact) mass is 334 g/mol. The van der Waals surface area contributed by atoms with Crippen LogP contribution in [0, 0.1) is 0 Å². The molecule has 1 aliphatic rings. The smallest absolute Gasteiger partial charge is 0.319 e. The molecule has 2 amide bonds. The molecule has 0 aliphatic heterocycles. The van der Waals surface area contributed by atoms with E-state index in [1.54, 1.807) is 19.9 Å². The van der Waals surface area contributed by atoms with Crippen LogP contribution in [0.5, 0.6) is 5.75 Å². The third-order valence-corrected chi connectivity index (χ3v) is 4.15. The van der Waals surface area contributed by atoms with Crippen molar-refractivity contribution in [2.24, 2.45) is 0 Å². The molecule has 132 valence electrons. The summed E-state index contributed by atoms with van der Waals surface area (Å²) >= 11 is 0. The molecule has 1 saturated carbocycles. The van der Waals surface area contributed by atoms with Crippen LogP contribution in [0.3, 0.4) is 0 Å². The maximum Gasteiger partial charge on any atom is 0.319 e. The van der Waals surface area contributed by atoms with Crippen molar-refractivity contribution in [2.75, 3.05) is 5.32 Å². The maximum atomic E-state index is 12.2. The molecule has 0 aromatic heterocycles. The first-order valence-corrected chi connectivity index (χ1v) is 8.42. The minimum absolute atomic E-state index is 0.00859. The van der Waals surface area contributed by atoms with E-state index < -0.39 is 11.5 Å². The second kappa shape index (κ2) is 8.04. The highest BCUT2D eigenvalue weighted by atomic mass is 16.5. The molecule has 0 heterocycles. The van der Waals surface area contributed by atoms with E-state index in [1.807, 2.05) is 18.2 Å². The van der Waals surface area contributed by atoms with Gasteiger partial charge in [0.2, 0.25) is 0 Å². The standard InChI is InChI=1S/C18H26N2O4/c1-18(2,12-11-16(21)22)20-17(23)19-14-9-5-6-10-15(14)24-13-7-3-4-8-13/h5-6,9-10,13H,3-4,7-8,11-12H2,1-2H3,(H,21,22)(H2,19,20,23). The number of hydrogen-bond acceptors (Lipinski definition) is 3. The Morgan fingerprint density at radius 1 is 1.25 bits per heavy atom. The molecule has 3 N–H and O–H groups in total. The number of rotatable bonds is 7. The van der Waals surface area contributed by atoms with Crippen molar-refractivity contribution in [1.82, 2.24) is 5.32 Å². The van der Waals surface area contributed by atoms with Crippen LogP contribution < -0.4 is 15.4 Å². The van der Waals surface area contributed by atoms with Gasteiger partial charge in [0, 0.05) is 12.0 Å². The van der Waals surface area contributed by atoms with E-state index in [2.05, 4.69) is 10.6 Å². The van der Waals surface area contributed by atoms with Crippen LogP contribution in [0.1, 0.15) is 52.4 Å². The average Bonchev–Trinajstić information content (AvgIpc) is 3.00. The van der Waals surface area contributed by atoms with E-state index in [-0.39, 0.29) is 18.6 Å². The Hall–Kier alpha value is -2.24. The average molecular weight is 334 g/mol. The molecule has 6 heteroatoms. The quantitative estimate of drug-likeness (QED) is 0.708. The zero-order valence-electron chi connectivity index (χ0n) is 14.3. The first kappa shape index (κ1) is 18.1. The summed E-state index contributed by atoms with van der Waals surface area (Å²) < 4.78 is 6.00. The van der Waals surface area contributed by atoms with Crippen LogP contribution in [0.2, 0.25) is 0 Å². The van der Waals surface area contributed by atoms with Gasteiger partial charge in [-0.1, -0.05) is 12.1 Å². The third-order valence-electron chi connectivity index (χ3n) is 4.15. The van der Waals surface area contributed by atoms with Gasteiger partial charge in [-0.2, -0.15) is 0 Å². The van der Waals surface area contributed by atoms with Gasteiger partial charge in [-0.25, -0.2) is 4.79 Å². The summed E-state index contributed by atoms with van der Waals surface area (Å²) in [5.74, 6) is -0.205. The number of nitrogens with one attached hydrogen (secondary N) is 2. The van der Waals surface area contributed by atoms with E-state index in [4.69, 9.17) is 9.84 Å². The van der Waals surface area contributed by atoms with Gasteiger partial charge in [-0.05, 0) is 58.1 Å². The summed E-state index contributed by atoms with van der Waals surface area (Å²) in [5.41, 5.74) is 0.0138. The number of urea groups is 1. The first-order chi connectivity index (χ1) is 11.4. The van der Waals surface area contributed by atoms with Crippen LogP contribution in [0.25, 0.3) is 0 Å². The van der Waals surface area contributed by atoms with Crippen molar-refractivity contribution in [3.63, 3.8) is 0 Å². The molecule has 24 heavy (non-hydrogen) atoms. The fraction of sp³-hybridized carbons (Fsp3) is 0.556. The summed E-state index contributed by atoms with van der Waals surface area (Å²) in [5, 5.41) is 14.4. The maximum absolute atomic E-state index is 12.2. The SMILES string of the molecule is CC(C)(CCC(=O)O)NC(=O)Nc1ccccc1OC1CCCC1. The van der Waals surface area contributed by atoms with E-state index in [0.717, 1.165) is 12.8 Å². The number of carbonyl (C=O) groups is 2. The van der Waals surface area contributed by atoms with Gasteiger partial charge in [0.15, 0.2) is 0 Å². The normalized spacial score (nSPS) is 15.1. The molecule has 6 nitrogen and oxygen atoms in total. The predicted molar refractivity (Wildman–Crippen MR) is 92.4 cm³/mol. The Kier molecular flexibility index (Phi) is 6.06. The van der Waals surface area contributed by atoms with Gasteiger partial charge in [0.25, 0.3) is 0 Å². The number of carboxylic acid groups (broad SMARTS) is 1. The van der Waals surface area contributed by atoms with Gasteiger partial charge in [0.1, 0.15) is 5.75 Å². The Bertz CT molecular complexity index is 580. The van der Waals surface area contributed by atoms with Crippen molar-refractivity contribution in [3.05, 3.63) is 24.3 Å². The molecule has 0 bridgehead atoms. The number of ether oxygens (including phenoxy) is 1.